The fourth-order valence-corrected chi connectivity index (χ4v) is 2.68. The normalized spacial score (nSPS) is 11.4. The van der Waals surface area contributed by atoms with Gasteiger partial charge in [0.2, 0.25) is 0 Å². The topological polar surface area (TPSA) is 49.3 Å². The van der Waals surface area contributed by atoms with Crippen molar-refractivity contribution in [1.82, 2.24) is 15.6 Å². The number of aliphatic imine (C=N–C) groups is 1. The predicted octanol–water partition coefficient (Wildman–Crippen LogP) is 2.75. The van der Waals surface area contributed by atoms with E-state index in [1.807, 2.05) is 12.1 Å². The minimum absolute atomic E-state index is 0.526. The number of nitrogens with one attached hydrogen (secondary N) is 2. The van der Waals surface area contributed by atoms with Crippen molar-refractivity contribution in [3.8, 4) is 0 Å². The molecular formula is C15H19ClN4S. The molecule has 21 heavy (non-hydrogen) atoms. The third kappa shape index (κ3) is 5.73. The van der Waals surface area contributed by atoms with Crippen LogP contribution in [-0.4, -0.2) is 31.1 Å². The van der Waals surface area contributed by atoms with Crippen molar-refractivity contribution in [3.05, 3.63) is 51.4 Å². The van der Waals surface area contributed by atoms with Crippen LogP contribution in [0.4, 0.5) is 0 Å². The van der Waals surface area contributed by atoms with E-state index < -0.39 is 0 Å². The lowest BCUT2D eigenvalue weighted by Gasteiger charge is -2.11. The summed E-state index contributed by atoms with van der Waals surface area (Å²) in [5.74, 6) is 0.826. The maximum absolute atomic E-state index is 5.76. The van der Waals surface area contributed by atoms with Crippen molar-refractivity contribution in [2.75, 3.05) is 20.1 Å². The monoisotopic (exact) mass is 322 g/mol. The second-order valence-electron chi connectivity index (χ2n) is 4.55. The first-order valence-electron chi connectivity index (χ1n) is 6.84. The molecule has 0 saturated heterocycles. The number of hydrogen-bond acceptors (Lipinski definition) is 3. The third-order valence-electron chi connectivity index (χ3n) is 3.00. The number of aromatic nitrogens is 1. The minimum Gasteiger partial charge on any atom is -0.356 e. The molecule has 0 spiro atoms. The van der Waals surface area contributed by atoms with Gasteiger partial charge in [0.05, 0.1) is 0 Å². The Hall–Kier alpha value is -1.59. The maximum Gasteiger partial charge on any atom is 0.190 e. The second-order valence-corrected chi connectivity index (χ2v) is 5.71. The van der Waals surface area contributed by atoms with E-state index in [-0.39, 0.29) is 0 Å². The molecule has 0 aliphatic carbocycles. The molecule has 6 heteroatoms. The van der Waals surface area contributed by atoms with Gasteiger partial charge in [-0.2, -0.15) is 11.3 Å². The first-order valence-corrected chi connectivity index (χ1v) is 8.16. The summed E-state index contributed by atoms with van der Waals surface area (Å²) in [5, 5.41) is 11.4. The van der Waals surface area contributed by atoms with Crippen LogP contribution in [0.1, 0.15) is 11.1 Å². The molecule has 0 amide bonds. The van der Waals surface area contributed by atoms with Crippen LogP contribution in [0.3, 0.4) is 0 Å². The third-order valence-corrected chi connectivity index (χ3v) is 3.96. The molecule has 112 valence electrons. The lowest BCUT2D eigenvalue weighted by molar-refractivity contribution is 0.784. The second kappa shape index (κ2) is 8.64. The average molecular weight is 323 g/mol. The van der Waals surface area contributed by atoms with Gasteiger partial charge in [-0.1, -0.05) is 17.7 Å². The van der Waals surface area contributed by atoms with Gasteiger partial charge in [0.1, 0.15) is 5.15 Å². The summed E-state index contributed by atoms with van der Waals surface area (Å²) in [5.41, 5.74) is 2.51. The molecule has 0 bridgehead atoms. The molecule has 2 aromatic rings. The van der Waals surface area contributed by atoms with E-state index in [4.69, 9.17) is 11.6 Å². The number of nitrogens with zero attached hydrogens (tertiary/aromatic N) is 2. The molecule has 0 unspecified atom stereocenters. The Kier molecular flexibility index (Phi) is 6.50. The van der Waals surface area contributed by atoms with Crippen LogP contribution in [0.2, 0.25) is 5.15 Å². The molecule has 2 N–H and O–H groups in total. The lowest BCUT2D eigenvalue weighted by atomic mass is 10.2. The number of pyridine rings is 1. The largest absolute Gasteiger partial charge is 0.356 e. The van der Waals surface area contributed by atoms with Crippen LogP contribution in [-0.2, 0) is 12.8 Å². The zero-order valence-electron chi connectivity index (χ0n) is 12.0. The number of thiophene rings is 1. The van der Waals surface area contributed by atoms with E-state index in [2.05, 4.69) is 37.4 Å². The van der Waals surface area contributed by atoms with E-state index in [0.717, 1.165) is 37.5 Å². The SMILES string of the molecule is CN=C(NCCc1ccc(Cl)nc1)NCCc1ccsc1. The first kappa shape index (κ1) is 15.8. The van der Waals surface area contributed by atoms with Gasteiger partial charge in [-0.15, -0.1) is 0 Å². The van der Waals surface area contributed by atoms with Crippen LogP contribution in [0, 0.1) is 0 Å². The number of halogens is 1. The molecule has 0 aliphatic rings. The fourth-order valence-electron chi connectivity index (χ4n) is 1.86. The maximum atomic E-state index is 5.76. The fraction of sp³-hybridized carbons (Fsp3) is 0.333. The standard InChI is InChI=1S/C15H19ClN4S/c1-17-15(19-8-5-13-6-9-21-11-13)18-7-4-12-2-3-14(16)20-10-12/h2-3,6,9-11H,4-5,7-8H2,1H3,(H2,17,18,19). The molecule has 0 atom stereocenters. The summed E-state index contributed by atoms with van der Waals surface area (Å²) in [4.78, 5) is 8.28. The van der Waals surface area contributed by atoms with Crippen LogP contribution in [0.25, 0.3) is 0 Å². The van der Waals surface area contributed by atoms with Crippen molar-refractivity contribution in [2.24, 2.45) is 4.99 Å². The molecule has 0 aromatic carbocycles. The highest BCUT2D eigenvalue weighted by atomic mass is 35.5. The number of rotatable bonds is 6. The molecule has 0 aliphatic heterocycles. The molecular weight excluding hydrogens is 304 g/mol. The summed E-state index contributed by atoms with van der Waals surface area (Å²) >= 11 is 7.49. The zero-order valence-corrected chi connectivity index (χ0v) is 13.5. The van der Waals surface area contributed by atoms with Gasteiger partial charge in [0.25, 0.3) is 0 Å². The van der Waals surface area contributed by atoms with Gasteiger partial charge in [-0.3, -0.25) is 4.99 Å². The first-order chi connectivity index (χ1) is 10.3. The molecule has 4 nitrogen and oxygen atoms in total. The Labute approximate surface area is 134 Å². The number of hydrogen-bond donors (Lipinski definition) is 2. The summed E-state index contributed by atoms with van der Waals surface area (Å²) in [6.07, 6.45) is 3.69. The lowest BCUT2D eigenvalue weighted by Crippen LogP contribution is -2.39. The van der Waals surface area contributed by atoms with Crippen molar-refractivity contribution in [3.63, 3.8) is 0 Å². The summed E-state index contributed by atoms with van der Waals surface area (Å²) in [7, 11) is 1.78. The van der Waals surface area contributed by atoms with E-state index in [1.165, 1.54) is 5.56 Å². The number of guanidine groups is 1. The Morgan fingerprint density at radius 3 is 2.52 bits per heavy atom. The molecule has 0 radical (unpaired) electrons. The van der Waals surface area contributed by atoms with Gasteiger partial charge in [-0.25, -0.2) is 4.98 Å². The minimum atomic E-state index is 0.526. The van der Waals surface area contributed by atoms with Crippen molar-refractivity contribution in [1.29, 1.82) is 0 Å². The smallest absolute Gasteiger partial charge is 0.190 e. The quantitative estimate of drug-likeness (QED) is 0.488. The van der Waals surface area contributed by atoms with Gasteiger partial charge < -0.3 is 10.6 Å². The highest BCUT2D eigenvalue weighted by Gasteiger charge is 1.99. The van der Waals surface area contributed by atoms with Gasteiger partial charge in [0, 0.05) is 26.3 Å². The Morgan fingerprint density at radius 2 is 1.95 bits per heavy atom. The Morgan fingerprint density at radius 1 is 1.19 bits per heavy atom. The summed E-state index contributed by atoms with van der Waals surface area (Å²) in [6, 6.07) is 5.95. The molecule has 2 rings (SSSR count). The Balaban J connectivity index is 1.66. The Bertz CT molecular complexity index is 552. The molecule has 2 heterocycles. The van der Waals surface area contributed by atoms with E-state index in [9.17, 15) is 0 Å². The van der Waals surface area contributed by atoms with Gasteiger partial charge in [0.15, 0.2) is 5.96 Å². The van der Waals surface area contributed by atoms with E-state index in [1.54, 1.807) is 24.6 Å². The van der Waals surface area contributed by atoms with Crippen LogP contribution in [0.15, 0.2) is 40.1 Å². The molecule has 2 aromatic heterocycles. The zero-order chi connectivity index (χ0) is 14.9. The van der Waals surface area contributed by atoms with E-state index in [0.29, 0.717) is 5.15 Å². The summed E-state index contributed by atoms with van der Waals surface area (Å²) in [6.45, 7) is 1.68. The highest BCUT2D eigenvalue weighted by molar-refractivity contribution is 7.07. The molecule has 0 fully saturated rings. The van der Waals surface area contributed by atoms with Crippen molar-refractivity contribution in [2.45, 2.75) is 12.8 Å². The van der Waals surface area contributed by atoms with Crippen molar-refractivity contribution < 1.29 is 0 Å². The average Bonchev–Trinajstić information content (AvgIpc) is 3.01. The van der Waals surface area contributed by atoms with Crippen LogP contribution < -0.4 is 10.6 Å². The van der Waals surface area contributed by atoms with Crippen molar-refractivity contribution >= 4 is 28.9 Å². The van der Waals surface area contributed by atoms with E-state index >= 15 is 0 Å². The van der Waals surface area contributed by atoms with Crippen LogP contribution >= 0.6 is 22.9 Å². The van der Waals surface area contributed by atoms with Gasteiger partial charge >= 0.3 is 0 Å². The predicted molar refractivity (Wildman–Crippen MR) is 90.3 cm³/mol. The highest BCUT2D eigenvalue weighted by Crippen LogP contribution is 2.06. The molecule has 0 saturated carbocycles. The van der Waals surface area contributed by atoms with Gasteiger partial charge in [-0.05, 0) is 46.9 Å². The summed E-state index contributed by atoms with van der Waals surface area (Å²) < 4.78 is 0. The van der Waals surface area contributed by atoms with Crippen LogP contribution in [0.5, 0.6) is 0 Å².